The molecule has 0 aliphatic carbocycles. The van der Waals surface area contributed by atoms with E-state index >= 15 is 0 Å². The largest absolute Gasteiger partial charge is 0.446 e. The molecular formula is C35H41F2N5O3. The summed E-state index contributed by atoms with van der Waals surface area (Å²) >= 11 is 0. The smallest absolute Gasteiger partial charge is 0.272 e. The molecule has 238 valence electrons. The van der Waals surface area contributed by atoms with Gasteiger partial charge >= 0.3 is 0 Å². The van der Waals surface area contributed by atoms with Crippen LogP contribution in [0.4, 0.5) is 8.78 Å². The second kappa shape index (κ2) is 15.5. The van der Waals surface area contributed by atoms with Crippen molar-refractivity contribution < 1.29 is 22.8 Å². The zero-order valence-corrected chi connectivity index (χ0v) is 26.3. The van der Waals surface area contributed by atoms with Gasteiger partial charge in [0.25, 0.3) is 17.7 Å². The number of hydrogen-bond donors (Lipinski definition) is 2. The topological polar surface area (TPSA) is 100 Å². The first-order valence-corrected chi connectivity index (χ1v) is 15.2. The van der Waals surface area contributed by atoms with E-state index in [0.717, 1.165) is 31.0 Å². The predicted octanol–water partition coefficient (Wildman–Crippen LogP) is 6.68. The predicted molar refractivity (Wildman–Crippen MR) is 169 cm³/mol. The van der Waals surface area contributed by atoms with E-state index in [2.05, 4.69) is 39.7 Å². The Morgan fingerprint density at radius 2 is 1.76 bits per heavy atom. The maximum Gasteiger partial charge on any atom is 0.272 e. The summed E-state index contributed by atoms with van der Waals surface area (Å²) in [5.74, 6) is -2.80. The normalized spacial score (nSPS) is 14.5. The third-order valence-corrected chi connectivity index (χ3v) is 7.41. The maximum absolute atomic E-state index is 13.5. The first-order valence-electron chi connectivity index (χ1n) is 15.2. The third-order valence-electron chi connectivity index (χ3n) is 7.41. The first kappa shape index (κ1) is 33.5. The lowest BCUT2D eigenvalue weighted by Gasteiger charge is -2.23. The second-order valence-electron chi connectivity index (χ2n) is 11.5. The monoisotopic (exact) mass is 617 g/mol. The van der Waals surface area contributed by atoms with Gasteiger partial charge in [0.1, 0.15) is 12.3 Å². The molecule has 0 saturated carbocycles. The molecule has 8 nitrogen and oxygen atoms in total. The van der Waals surface area contributed by atoms with Gasteiger partial charge in [-0.3, -0.25) is 14.6 Å². The van der Waals surface area contributed by atoms with Crippen LogP contribution in [0, 0.1) is 20.8 Å². The third kappa shape index (κ3) is 9.78. The van der Waals surface area contributed by atoms with E-state index in [-0.39, 0.29) is 23.4 Å². The molecule has 1 atom stereocenters. The fraction of sp³-hybridized carbons (Fsp3) is 0.371. The molecule has 1 saturated heterocycles. The van der Waals surface area contributed by atoms with Crippen LogP contribution in [-0.2, 0) is 12.5 Å². The lowest BCUT2D eigenvalue weighted by molar-refractivity contribution is 0.0170. The Hall–Kier alpha value is -4.44. The number of carbonyl (C=O) groups is 2. The minimum atomic E-state index is -2.93. The Bertz CT molecular complexity index is 1570. The summed E-state index contributed by atoms with van der Waals surface area (Å²) in [6.45, 7) is 8.65. The van der Waals surface area contributed by atoms with Gasteiger partial charge in [-0.2, -0.15) is 0 Å². The number of amides is 2. The highest BCUT2D eigenvalue weighted by atomic mass is 19.3. The average Bonchev–Trinajstić information content (AvgIpc) is 3.68. The summed E-state index contributed by atoms with van der Waals surface area (Å²) in [5.41, 5.74) is 4.35. The number of likely N-dealkylation sites (tertiary alicyclic amines) is 1. The van der Waals surface area contributed by atoms with Crippen LogP contribution in [0.15, 0.2) is 77.7 Å². The highest BCUT2D eigenvalue weighted by molar-refractivity contribution is 6.00. The van der Waals surface area contributed by atoms with Crippen molar-refractivity contribution in [2.75, 3.05) is 19.6 Å². The molecule has 1 aliphatic heterocycles. The van der Waals surface area contributed by atoms with Gasteiger partial charge in [0.05, 0.1) is 5.69 Å². The molecule has 1 fully saturated rings. The summed E-state index contributed by atoms with van der Waals surface area (Å²) in [6, 6.07) is 16.7. The quantitative estimate of drug-likeness (QED) is 0.193. The number of nitrogens with zero attached hydrogens (tertiary/aromatic N) is 3. The molecule has 0 spiro atoms. The molecule has 0 radical (unpaired) electrons. The van der Waals surface area contributed by atoms with Gasteiger partial charge < -0.3 is 20.0 Å². The number of hydrogen-bond acceptors (Lipinski definition) is 6. The molecule has 1 aliphatic rings. The van der Waals surface area contributed by atoms with Crippen LogP contribution in [-0.4, -0.2) is 46.3 Å². The summed E-state index contributed by atoms with van der Waals surface area (Å²) in [4.78, 5) is 36.2. The van der Waals surface area contributed by atoms with Crippen molar-refractivity contribution in [3.63, 3.8) is 0 Å². The standard InChI is InChI=1S/C28H33F2N5O3.C7H8/c1-18-10-21(13-22(11-18)27(37)35-9-4-6-24(35)26-34-19(2)17-38-26)25(36)33-8-5-7-31-14-20-12-23(16-32-15-20)28(3,29)30;1-7-5-3-2-4-6-7/h10-13,15-17,24,31H,4-9,14H2,1-3H3,(H,33,36);2-6H,1H3. The second-order valence-corrected chi connectivity index (χ2v) is 11.5. The summed E-state index contributed by atoms with van der Waals surface area (Å²) in [7, 11) is 0. The highest BCUT2D eigenvalue weighted by Gasteiger charge is 2.34. The zero-order valence-electron chi connectivity index (χ0n) is 26.3. The SMILES string of the molecule is Cc1cc(C(=O)NCCCNCc2cncc(C(C)(F)F)c2)cc(C(=O)N2CCCC2c2nc(C)co2)c1.Cc1ccccc1. The molecule has 2 aromatic heterocycles. The van der Waals surface area contributed by atoms with E-state index in [9.17, 15) is 18.4 Å². The average molecular weight is 618 g/mol. The van der Waals surface area contributed by atoms with Crippen molar-refractivity contribution in [2.24, 2.45) is 0 Å². The van der Waals surface area contributed by atoms with Crippen molar-refractivity contribution in [1.82, 2.24) is 25.5 Å². The van der Waals surface area contributed by atoms with Gasteiger partial charge in [-0.1, -0.05) is 35.9 Å². The minimum absolute atomic E-state index is 0.118. The van der Waals surface area contributed by atoms with E-state index in [1.54, 1.807) is 35.6 Å². The van der Waals surface area contributed by atoms with Crippen LogP contribution >= 0.6 is 0 Å². The molecule has 2 amide bonds. The molecular weight excluding hydrogens is 576 g/mol. The number of halogens is 2. The summed E-state index contributed by atoms with van der Waals surface area (Å²) < 4.78 is 32.5. The number of aryl methyl sites for hydroxylation is 3. The molecule has 10 heteroatoms. The van der Waals surface area contributed by atoms with E-state index in [1.807, 2.05) is 32.0 Å². The lowest BCUT2D eigenvalue weighted by atomic mass is 10.0. The van der Waals surface area contributed by atoms with E-state index < -0.39 is 5.92 Å². The van der Waals surface area contributed by atoms with E-state index in [0.29, 0.717) is 55.2 Å². The molecule has 2 aromatic carbocycles. The van der Waals surface area contributed by atoms with Gasteiger partial charge in [0.15, 0.2) is 0 Å². The number of oxazole rings is 1. The van der Waals surface area contributed by atoms with E-state index in [4.69, 9.17) is 4.42 Å². The molecule has 45 heavy (non-hydrogen) atoms. The summed E-state index contributed by atoms with van der Waals surface area (Å²) in [6.07, 6.45) is 6.60. The zero-order chi connectivity index (χ0) is 32.4. The Balaban J connectivity index is 0.000000580. The van der Waals surface area contributed by atoms with Crippen LogP contribution in [0.25, 0.3) is 0 Å². The number of benzene rings is 2. The summed E-state index contributed by atoms with van der Waals surface area (Å²) in [5, 5.41) is 6.06. The molecule has 2 N–H and O–H groups in total. The van der Waals surface area contributed by atoms with Crippen molar-refractivity contribution in [3.05, 3.63) is 118 Å². The van der Waals surface area contributed by atoms with Gasteiger partial charge in [0.2, 0.25) is 5.89 Å². The van der Waals surface area contributed by atoms with Crippen LogP contribution in [0.2, 0.25) is 0 Å². The Morgan fingerprint density at radius 1 is 1.00 bits per heavy atom. The number of alkyl halides is 2. The number of carbonyl (C=O) groups excluding carboxylic acids is 2. The van der Waals surface area contributed by atoms with Crippen molar-refractivity contribution in [3.8, 4) is 0 Å². The van der Waals surface area contributed by atoms with E-state index in [1.165, 1.54) is 17.8 Å². The Kier molecular flexibility index (Phi) is 11.5. The fourth-order valence-corrected chi connectivity index (χ4v) is 5.10. The van der Waals surface area contributed by atoms with Crippen molar-refractivity contribution >= 4 is 11.8 Å². The number of aromatic nitrogens is 2. The Morgan fingerprint density at radius 3 is 2.42 bits per heavy atom. The Labute approximate surface area is 263 Å². The van der Waals surface area contributed by atoms with Crippen LogP contribution < -0.4 is 10.6 Å². The highest BCUT2D eigenvalue weighted by Crippen LogP contribution is 2.33. The number of nitrogens with one attached hydrogen (secondary N) is 2. The first-order chi connectivity index (χ1) is 21.5. The fourth-order valence-electron chi connectivity index (χ4n) is 5.10. The van der Waals surface area contributed by atoms with Crippen molar-refractivity contribution in [1.29, 1.82) is 0 Å². The molecule has 5 rings (SSSR count). The van der Waals surface area contributed by atoms with Gasteiger partial charge in [-0.25, -0.2) is 13.8 Å². The number of pyridine rings is 1. The maximum atomic E-state index is 13.5. The van der Waals surface area contributed by atoms with Gasteiger partial charge in [-0.15, -0.1) is 0 Å². The van der Waals surface area contributed by atoms with Crippen LogP contribution in [0.5, 0.6) is 0 Å². The molecule has 4 aromatic rings. The van der Waals surface area contributed by atoms with Crippen LogP contribution in [0.1, 0.15) is 86.8 Å². The van der Waals surface area contributed by atoms with Gasteiger partial charge in [0, 0.05) is 55.6 Å². The molecule has 1 unspecified atom stereocenters. The molecule has 3 heterocycles. The van der Waals surface area contributed by atoms with Crippen LogP contribution in [0.3, 0.4) is 0 Å². The number of rotatable bonds is 10. The van der Waals surface area contributed by atoms with Crippen molar-refractivity contribution in [2.45, 2.75) is 65.5 Å². The molecule has 0 bridgehead atoms. The lowest BCUT2D eigenvalue weighted by Crippen LogP contribution is -2.31. The van der Waals surface area contributed by atoms with Gasteiger partial charge in [-0.05, 0) is 82.0 Å². The minimum Gasteiger partial charge on any atom is -0.446 e.